The molecule has 5 nitrogen and oxygen atoms in total. The van der Waals surface area contributed by atoms with E-state index in [4.69, 9.17) is 4.42 Å². The molecular formula is C24H24F3N3O2S. The van der Waals surface area contributed by atoms with Crippen LogP contribution in [0, 0.1) is 6.92 Å². The number of hydrogen-bond acceptors (Lipinski definition) is 5. The van der Waals surface area contributed by atoms with Crippen molar-refractivity contribution >= 4 is 28.2 Å². The maximum atomic E-state index is 13.6. The smallest absolute Gasteiger partial charge is 0.417 e. The van der Waals surface area contributed by atoms with Crippen LogP contribution in [0.1, 0.15) is 59.9 Å². The largest absolute Gasteiger partial charge is 0.458 e. The number of amides is 1. The molecule has 0 saturated heterocycles. The standard InChI is InChI=1S/C24H24F3N3O2S/c1-13(2)11-28-18-8-9-30(23(31)22-15(4)29-12-33-22)21(14(18)3)20-10-16-17(24(25,26)27)6-5-7-19(16)32-20/h5-7,10-12,21,28H,8-9H2,1-4H3. The molecule has 1 unspecified atom stereocenters. The monoisotopic (exact) mass is 475 g/mol. The van der Waals surface area contributed by atoms with Gasteiger partial charge >= 0.3 is 6.18 Å². The molecule has 1 atom stereocenters. The highest BCUT2D eigenvalue weighted by Gasteiger charge is 2.38. The predicted molar refractivity (Wildman–Crippen MR) is 122 cm³/mol. The van der Waals surface area contributed by atoms with Crippen LogP contribution >= 0.6 is 11.3 Å². The third kappa shape index (κ3) is 4.42. The Morgan fingerprint density at radius 2 is 2.06 bits per heavy atom. The van der Waals surface area contributed by atoms with Crippen LogP contribution in [-0.2, 0) is 6.18 Å². The number of aryl methyl sites for hydroxylation is 1. The Morgan fingerprint density at radius 1 is 1.30 bits per heavy atom. The number of thiazole rings is 1. The minimum absolute atomic E-state index is 0.0152. The average Bonchev–Trinajstić information content (AvgIpc) is 3.36. The van der Waals surface area contributed by atoms with Crippen LogP contribution in [0.4, 0.5) is 13.2 Å². The van der Waals surface area contributed by atoms with Crippen molar-refractivity contribution in [2.24, 2.45) is 0 Å². The van der Waals surface area contributed by atoms with Gasteiger partial charge in [0.1, 0.15) is 22.3 Å². The zero-order valence-electron chi connectivity index (χ0n) is 18.7. The molecule has 0 spiro atoms. The number of halogens is 3. The minimum Gasteiger partial charge on any atom is -0.458 e. The Bertz CT molecular complexity index is 1270. The van der Waals surface area contributed by atoms with Gasteiger partial charge in [0, 0.05) is 24.0 Å². The SMILES string of the molecule is CC(C)=CNC1=C(C)C(c2cc3c(C(F)(F)F)cccc3o2)N(C(=O)c2scnc2C)CC1. The van der Waals surface area contributed by atoms with Crippen molar-refractivity contribution in [3.63, 3.8) is 0 Å². The van der Waals surface area contributed by atoms with Crippen molar-refractivity contribution in [1.29, 1.82) is 0 Å². The fourth-order valence-corrected chi connectivity index (χ4v) is 4.82. The average molecular weight is 476 g/mol. The van der Waals surface area contributed by atoms with Gasteiger partial charge in [0.05, 0.1) is 16.8 Å². The Kier molecular flexibility index (Phi) is 6.09. The Morgan fingerprint density at radius 3 is 2.70 bits per heavy atom. The number of hydrogen-bond donors (Lipinski definition) is 1. The van der Waals surface area contributed by atoms with Gasteiger partial charge in [0.25, 0.3) is 5.91 Å². The van der Waals surface area contributed by atoms with Crippen molar-refractivity contribution < 1.29 is 22.4 Å². The number of aromatic nitrogens is 1. The number of carbonyl (C=O) groups excluding carboxylic acids is 1. The van der Waals surface area contributed by atoms with Crippen LogP contribution < -0.4 is 5.32 Å². The van der Waals surface area contributed by atoms with Gasteiger partial charge < -0.3 is 14.6 Å². The van der Waals surface area contributed by atoms with Crippen molar-refractivity contribution in [1.82, 2.24) is 15.2 Å². The van der Waals surface area contributed by atoms with E-state index >= 15 is 0 Å². The first-order valence-corrected chi connectivity index (χ1v) is 11.4. The van der Waals surface area contributed by atoms with E-state index in [2.05, 4.69) is 10.3 Å². The molecular weight excluding hydrogens is 451 g/mol. The number of benzene rings is 1. The molecule has 1 amide bonds. The third-order valence-corrected chi connectivity index (χ3v) is 6.61. The lowest BCUT2D eigenvalue weighted by Gasteiger charge is -2.36. The summed E-state index contributed by atoms with van der Waals surface area (Å²) >= 11 is 1.25. The molecule has 3 heterocycles. The maximum absolute atomic E-state index is 13.6. The minimum atomic E-state index is -4.51. The molecule has 33 heavy (non-hydrogen) atoms. The van der Waals surface area contributed by atoms with E-state index in [0.29, 0.717) is 29.3 Å². The summed E-state index contributed by atoms with van der Waals surface area (Å²) in [5.74, 6) is 0.0861. The summed E-state index contributed by atoms with van der Waals surface area (Å²) in [6.07, 6.45) is -2.05. The lowest BCUT2D eigenvalue weighted by atomic mass is 9.95. The quantitative estimate of drug-likeness (QED) is 0.462. The zero-order chi connectivity index (χ0) is 23.9. The van der Waals surface area contributed by atoms with Gasteiger partial charge in [-0.3, -0.25) is 4.79 Å². The van der Waals surface area contributed by atoms with Crippen LogP contribution in [0.25, 0.3) is 11.0 Å². The molecule has 0 radical (unpaired) electrons. The first-order valence-electron chi connectivity index (χ1n) is 10.5. The summed E-state index contributed by atoms with van der Waals surface area (Å²) in [6, 6.07) is 4.65. The lowest BCUT2D eigenvalue weighted by Crippen LogP contribution is -2.40. The van der Waals surface area contributed by atoms with E-state index in [1.807, 2.05) is 27.0 Å². The van der Waals surface area contributed by atoms with Gasteiger partial charge in [-0.05, 0) is 57.7 Å². The molecule has 1 aliphatic rings. The number of fused-ring (bicyclic) bond motifs is 1. The molecule has 9 heteroatoms. The van der Waals surface area contributed by atoms with Crippen LogP contribution in [0.15, 0.2) is 57.2 Å². The number of furan rings is 1. The van der Waals surface area contributed by atoms with Crippen molar-refractivity contribution in [3.05, 3.63) is 74.7 Å². The van der Waals surface area contributed by atoms with E-state index in [0.717, 1.165) is 22.9 Å². The number of nitrogens with one attached hydrogen (secondary N) is 1. The summed E-state index contributed by atoms with van der Waals surface area (Å²) in [5, 5.41) is 3.28. The molecule has 174 valence electrons. The van der Waals surface area contributed by atoms with Crippen molar-refractivity contribution in [3.8, 4) is 0 Å². The van der Waals surface area contributed by atoms with Crippen LogP contribution in [0.2, 0.25) is 0 Å². The van der Waals surface area contributed by atoms with Crippen LogP contribution in [0.5, 0.6) is 0 Å². The highest BCUT2D eigenvalue weighted by atomic mass is 32.1. The third-order valence-electron chi connectivity index (χ3n) is 5.69. The lowest BCUT2D eigenvalue weighted by molar-refractivity contribution is -0.136. The highest BCUT2D eigenvalue weighted by Crippen LogP contribution is 2.42. The molecule has 0 saturated carbocycles. The summed E-state index contributed by atoms with van der Waals surface area (Å²) in [5.41, 5.74) is 4.43. The Labute approximate surface area is 193 Å². The van der Waals surface area contributed by atoms with Crippen LogP contribution in [0.3, 0.4) is 0 Å². The second-order valence-corrected chi connectivity index (χ2v) is 9.16. The normalized spacial score (nSPS) is 16.9. The van der Waals surface area contributed by atoms with E-state index in [9.17, 15) is 18.0 Å². The fourth-order valence-electron chi connectivity index (χ4n) is 4.06. The molecule has 2 aromatic heterocycles. The second-order valence-electron chi connectivity index (χ2n) is 8.31. The molecule has 0 bridgehead atoms. The van der Waals surface area contributed by atoms with Crippen LogP contribution in [-0.4, -0.2) is 22.3 Å². The molecule has 1 aliphatic heterocycles. The topological polar surface area (TPSA) is 58.4 Å². The maximum Gasteiger partial charge on any atom is 0.417 e. The molecule has 1 aromatic carbocycles. The summed E-state index contributed by atoms with van der Waals surface area (Å²) in [7, 11) is 0. The number of allylic oxidation sites excluding steroid dienone is 1. The summed E-state index contributed by atoms with van der Waals surface area (Å²) in [4.78, 5) is 19.8. The number of nitrogens with zero attached hydrogens (tertiary/aromatic N) is 2. The summed E-state index contributed by atoms with van der Waals surface area (Å²) in [6.45, 7) is 7.96. The van der Waals surface area contributed by atoms with E-state index < -0.39 is 17.8 Å². The van der Waals surface area contributed by atoms with Gasteiger partial charge in [-0.25, -0.2) is 4.98 Å². The van der Waals surface area contributed by atoms with Gasteiger partial charge in [-0.15, -0.1) is 11.3 Å². The van der Waals surface area contributed by atoms with Gasteiger partial charge in [0.2, 0.25) is 0 Å². The van der Waals surface area contributed by atoms with Gasteiger partial charge in [-0.2, -0.15) is 13.2 Å². The van der Waals surface area contributed by atoms with Gasteiger partial charge in [-0.1, -0.05) is 11.6 Å². The zero-order valence-corrected chi connectivity index (χ0v) is 19.5. The van der Waals surface area contributed by atoms with E-state index in [-0.39, 0.29) is 16.9 Å². The highest BCUT2D eigenvalue weighted by molar-refractivity contribution is 7.11. The number of carbonyl (C=O) groups is 1. The van der Waals surface area contributed by atoms with Crippen molar-refractivity contribution in [2.75, 3.05) is 6.54 Å². The second kappa shape index (κ2) is 8.70. The van der Waals surface area contributed by atoms with Crippen molar-refractivity contribution in [2.45, 2.75) is 46.3 Å². The number of alkyl halides is 3. The summed E-state index contributed by atoms with van der Waals surface area (Å²) < 4.78 is 46.7. The van der Waals surface area contributed by atoms with E-state index in [1.54, 1.807) is 17.3 Å². The molecule has 0 fully saturated rings. The molecule has 4 rings (SSSR count). The predicted octanol–water partition coefficient (Wildman–Crippen LogP) is 6.59. The Balaban J connectivity index is 1.85. The first kappa shape index (κ1) is 23.1. The number of rotatable bonds is 4. The van der Waals surface area contributed by atoms with E-state index in [1.165, 1.54) is 29.5 Å². The molecule has 1 N–H and O–H groups in total. The fraction of sp³-hybridized carbons (Fsp3) is 0.333. The molecule has 0 aliphatic carbocycles. The Hall–Kier alpha value is -3.07. The molecule has 3 aromatic rings. The van der Waals surface area contributed by atoms with Gasteiger partial charge in [0.15, 0.2) is 0 Å². The first-order chi connectivity index (χ1) is 15.6.